The molecule has 4 heterocycles. The Hall–Kier alpha value is -3.48. The zero-order valence-electron chi connectivity index (χ0n) is 19.3. The first kappa shape index (κ1) is 21.4. The van der Waals surface area contributed by atoms with E-state index in [1.165, 1.54) is 0 Å². The summed E-state index contributed by atoms with van der Waals surface area (Å²) in [5, 5.41) is 3.00. The number of aryl methyl sites for hydroxylation is 1. The standard InChI is InChI=1S/C26H29N5O2/c1-16(2)28-25(32)23-22-14-19-11-12-20(31(19)26(33)21-10-7-13-27-17(21)3)15-30(22)24(29-23)18-8-5-4-6-9-18/h4-10,13,16,19-20H,11-12,14-15H2,1-3H3,(H,28,32)/t19-,20+/m0/s1. The van der Waals surface area contributed by atoms with Crippen molar-refractivity contribution in [1.82, 2.24) is 24.8 Å². The van der Waals surface area contributed by atoms with Crippen molar-refractivity contribution < 1.29 is 9.59 Å². The third kappa shape index (κ3) is 3.81. The zero-order valence-corrected chi connectivity index (χ0v) is 19.3. The minimum Gasteiger partial charge on any atom is -0.348 e. The number of imidazole rings is 1. The molecule has 1 aromatic carbocycles. The van der Waals surface area contributed by atoms with Crippen molar-refractivity contribution >= 4 is 11.8 Å². The minimum absolute atomic E-state index is 0.0175. The molecule has 0 spiro atoms. The van der Waals surface area contributed by atoms with E-state index in [-0.39, 0.29) is 29.9 Å². The van der Waals surface area contributed by atoms with Gasteiger partial charge in [-0.15, -0.1) is 0 Å². The van der Waals surface area contributed by atoms with Gasteiger partial charge in [0.05, 0.1) is 17.3 Å². The Morgan fingerprint density at radius 2 is 1.82 bits per heavy atom. The second kappa shape index (κ2) is 8.46. The van der Waals surface area contributed by atoms with E-state index in [2.05, 4.69) is 14.9 Å². The highest BCUT2D eigenvalue weighted by Crippen LogP contribution is 2.36. The molecule has 2 amide bonds. The number of benzene rings is 1. The van der Waals surface area contributed by atoms with Crippen LogP contribution < -0.4 is 5.32 Å². The third-order valence-electron chi connectivity index (χ3n) is 6.65. The fourth-order valence-corrected chi connectivity index (χ4v) is 5.17. The molecule has 2 atom stereocenters. The molecule has 0 saturated carbocycles. The molecule has 3 aromatic rings. The third-order valence-corrected chi connectivity index (χ3v) is 6.65. The van der Waals surface area contributed by atoms with Crippen LogP contribution in [0.4, 0.5) is 0 Å². The summed E-state index contributed by atoms with van der Waals surface area (Å²) >= 11 is 0. The number of carbonyl (C=O) groups is 2. The van der Waals surface area contributed by atoms with E-state index in [1.54, 1.807) is 6.20 Å². The number of hydrogen-bond donors (Lipinski definition) is 1. The molecule has 2 aliphatic heterocycles. The van der Waals surface area contributed by atoms with Gasteiger partial charge >= 0.3 is 0 Å². The maximum atomic E-state index is 13.6. The maximum Gasteiger partial charge on any atom is 0.271 e. The quantitative estimate of drug-likeness (QED) is 0.668. The van der Waals surface area contributed by atoms with Crippen molar-refractivity contribution in [2.75, 3.05) is 0 Å². The predicted molar refractivity (Wildman–Crippen MR) is 126 cm³/mol. The second-order valence-corrected chi connectivity index (χ2v) is 9.27. The van der Waals surface area contributed by atoms with Crippen LogP contribution in [0, 0.1) is 6.92 Å². The number of carbonyl (C=O) groups excluding carboxylic acids is 2. The number of pyridine rings is 1. The first-order chi connectivity index (χ1) is 15.9. The number of hydrogen-bond acceptors (Lipinski definition) is 4. The van der Waals surface area contributed by atoms with E-state index in [4.69, 9.17) is 4.98 Å². The molecule has 170 valence electrons. The van der Waals surface area contributed by atoms with Crippen molar-refractivity contribution in [3.8, 4) is 11.4 Å². The Morgan fingerprint density at radius 1 is 1.06 bits per heavy atom. The van der Waals surface area contributed by atoms with Crippen LogP contribution in [0.1, 0.15) is 58.9 Å². The van der Waals surface area contributed by atoms with Crippen LogP contribution in [0.15, 0.2) is 48.7 Å². The fourth-order valence-electron chi connectivity index (χ4n) is 5.17. The molecule has 2 bridgehead atoms. The lowest BCUT2D eigenvalue weighted by atomic mass is 10.0. The Labute approximate surface area is 193 Å². The van der Waals surface area contributed by atoms with Crippen LogP contribution in [0.2, 0.25) is 0 Å². The largest absolute Gasteiger partial charge is 0.348 e. The molecule has 0 radical (unpaired) electrons. The van der Waals surface area contributed by atoms with Crippen LogP contribution in [0.25, 0.3) is 11.4 Å². The molecular formula is C26H29N5O2. The topological polar surface area (TPSA) is 80.1 Å². The van der Waals surface area contributed by atoms with Gasteiger partial charge in [-0.05, 0) is 45.7 Å². The summed E-state index contributed by atoms with van der Waals surface area (Å²) in [7, 11) is 0. The zero-order chi connectivity index (χ0) is 23.1. The van der Waals surface area contributed by atoms with Gasteiger partial charge in [-0.2, -0.15) is 0 Å². The summed E-state index contributed by atoms with van der Waals surface area (Å²) in [6, 6.07) is 13.8. The molecule has 2 aromatic heterocycles. The molecule has 5 rings (SSSR count). The lowest BCUT2D eigenvalue weighted by Gasteiger charge is -2.28. The van der Waals surface area contributed by atoms with Gasteiger partial charge in [-0.1, -0.05) is 30.3 Å². The van der Waals surface area contributed by atoms with Crippen molar-refractivity contribution in [3.05, 3.63) is 71.3 Å². The highest BCUT2D eigenvalue weighted by Gasteiger charge is 2.42. The number of amides is 2. The lowest BCUT2D eigenvalue weighted by molar-refractivity contribution is 0.0665. The first-order valence-electron chi connectivity index (χ1n) is 11.6. The van der Waals surface area contributed by atoms with Crippen LogP contribution in [0.3, 0.4) is 0 Å². The highest BCUT2D eigenvalue weighted by molar-refractivity contribution is 5.96. The van der Waals surface area contributed by atoms with Gasteiger partial charge in [-0.25, -0.2) is 4.98 Å². The van der Waals surface area contributed by atoms with Gasteiger partial charge in [0.25, 0.3) is 11.8 Å². The highest BCUT2D eigenvalue weighted by atomic mass is 16.2. The van der Waals surface area contributed by atoms with Gasteiger partial charge < -0.3 is 14.8 Å². The smallest absolute Gasteiger partial charge is 0.271 e. The Kier molecular flexibility index (Phi) is 5.48. The molecule has 7 nitrogen and oxygen atoms in total. The Bertz CT molecular complexity index is 1200. The SMILES string of the molecule is Cc1ncccc1C(=O)N1[C@@H]2CC[C@H]1Cc1c(C(=O)NC(C)C)nc(-c3ccccc3)n1C2. The van der Waals surface area contributed by atoms with Crippen molar-refractivity contribution in [1.29, 1.82) is 0 Å². The molecule has 33 heavy (non-hydrogen) atoms. The van der Waals surface area contributed by atoms with Crippen LogP contribution >= 0.6 is 0 Å². The number of nitrogens with one attached hydrogen (secondary N) is 1. The van der Waals surface area contributed by atoms with E-state index >= 15 is 0 Å². The number of fused-ring (bicyclic) bond motifs is 3. The number of rotatable bonds is 4. The monoisotopic (exact) mass is 443 g/mol. The van der Waals surface area contributed by atoms with Gasteiger partial charge in [0.1, 0.15) is 11.5 Å². The summed E-state index contributed by atoms with van der Waals surface area (Å²) in [6.45, 7) is 6.40. The van der Waals surface area contributed by atoms with Gasteiger partial charge in [0, 0.05) is 42.5 Å². The number of nitrogens with zero attached hydrogens (tertiary/aromatic N) is 4. The summed E-state index contributed by atoms with van der Waals surface area (Å²) in [5.41, 5.74) is 3.76. The summed E-state index contributed by atoms with van der Waals surface area (Å²) in [6.07, 6.45) is 4.19. The van der Waals surface area contributed by atoms with Crippen molar-refractivity contribution in [2.45, 2.75) is 64.7 Å². The fraction of sp³-hybridized carbons (Fsp3) is 0.385. The summed E-state index contributed by atoms with van der Waals surface area (Å²) in [4.78, 5) is 37.9. The van der Waals surface area contributed by atoms with Crippen molar-refractivity contribution in [2.24, 2.45) is 0 Å². The summed E-state index contributed by atoms with van der Waals surface area (Å²) < 4.78 is 2.17. The molecule has 2 aliphatic rings. The van der Waals surface area contributed by atoms with E-state index in [0.29, 0.717) is 24.2 Å². The van der Waals surface area contributed by atoms with E-state index < -0.39 is 0 Å². The molecule has 0 aliphatic carbocycles. The molecule has 1 N–H and O–H groups in total. The van der Waals surface area contributed by atoms with E-state index in [1.807, 2.05) is 68.1 Å². The Morgan fingerprint density at radius 3 is 2.55 bits per heavy atom. The lowest BCUT2D eigenvalue weighted by Crippen LogP contribution is -2.42. The molecular weight excluding hydrogens is 414 g/mol. The van der Waals surface area contributed by atoms with Crippen LogP contribution in [-0.4, -0.2) is 49.4 Å². The van der Waals surface area contributed by atoms with Gasteiger partial charge in [0.2, 0.25) is 0 Å². The van der Waals surface area contributed by atoms with E-state index in [0.717, 1.165) is 35.6 Å². The number of aromatic nitrogens is 3. The predicted octanol–water partition coefficient (Wildman–Crippen LogP) is 3.62. The Balaban J connectivity index is 1.58. The average Bonchev–Trinajstić information content (AvgIpc) is 3.30. The first-order valence-corrected chi connectivity index (χ1v) is 11.6. The average molecular weight is 444 g/mol. The van der Waals surface area contributed by atoms with Crippen LogP contribution in [-0.2, 0) is 13.0 Å². The maximum absolute atomic E-state index is 13.6. The van der Waals surface area contributed by atoms with Crippen molar-refractivity contribution in [3.63, 3.8) is 0 Å². The van der Waals surface area contributed by atoms with Crippen LogP contribution in [0.5, 0.6) is 0 Å². The molecule has 1 fully saturated rings. The molecule has 7 heteroatoms. The van der Waals surface area contributed by atoms with Gasteiger partial charge in [0.15, 0.2) is 0 Å². The minimum atomic E-state index is -0.158. The molecule has 1 saturated heterocycles. The second-order valence-electron chi connectivity index (χ2n) is 9.27. The molecule has 0 unspecified atom stereocenters. The summed E-state index contributed by atoms with van der Waals surface area (Å²) in [5.74, 6) is 0.660. The van der Waals surface area contributed by atoms with Gasteiger partial charge in [-0.3, -0.25) is 14.6 Å². The normalized spacial score (nSPS) is 19.3. The van der Waals surface area contributed by atoms with E-state index in [9.17, 15) is 9.59 Å².